The van der Waals surface area contributed by atoms with Crippen LogP contribution in [0.1, 0.15) is 32.4 Å². The van der Waals surface area contributed by atoms with Gasteiger partial charge in [0.2, 0.25) is 5.88 Å². The predicted octanol–water partition coefficient (Wildman–Crippen LogP) is 4.80. The number of rotatable bonds is 5. The highest BCUT2D eigenvalue weighted by Crippen LogP contribution is 2.27. The maximum atomic E-state index is 5.72. The summed E-state index contributed by atoms with van der Waals surface area (Å²) in [4.78, 5) is 4.29. The summed E-state index contributed by atoms with van der Waals surface area (Å²) >= 11 is 3.50. The molecule has 0 spiro atoms. The molecule has 1 heterocycles. The molecule has 3 nitrogen and oxygen atoms in total. The van der Waals surface area contributed by atoms with Gasteiger partial charge in [0, 0.05) is 16.7 Å². The van der Waals surface area contributed by atoms with Gasteiger partial charge in [-0.3, -0.25) is 0 Å². The fraction of sp³-hybridized carbons (Fsp3) is 0.312. The number of aromatic nitrogens is 1. The molecule has 1 atom stereocenters. The zero-order chi connectivity index (χ0) is 14.5. The molecule has 0 bridgehead atoms. The van der Waals surface area contributed by atoms with E-state index >= 15 is 0 Å². The number of anilines is 1. The Hall–Kier alpha value is -1.55. The number of pyridine rings is 1. The summed E-state index contributed by atoms with van der Waals surface area (Å²) in [5.41, 5.74) is 2.12. The number of hydrogen-bond acceptors (Lipinski definition) is 3. The highest BCUT2D eigenvalue weighted by molar-refractivity contribution is 9.10. The molecule has 1 aromatic carbocycles. The second-order valence-corrected chi connectivity index (χ2v) is 5.86. The van der Waals surface area contributed by atoms with Gasteiger partial charge >= 0.3 is 0 Å². The van der Waals surface area contributed by atoms with Gasteiger partial charge in [-0.1, -0.05) is 28.1 Å². The molecule has 1 N–H and O–H groups in total. The molecule has 106 valence electrons. The SMILES string of the molecule is CC(C)Oc1ncccc1NC(C)c1cccc(Br)c1. The van der Waals surface area contributed by atoms with E-state index in [-0.39, 0.29) is 12.1 Å². The van der Waals surface area contributed by atoms with Crippen LogP contribution in [0, 0.1) is 0 Å². The fourth-order valence-corrected chi connectivity index (χ4v) is 2.33. The molecule has 0 saturated carbocycles. The van der Waals surface area contributed by atoms with Crippen LogP contribution in [-0.2, 0) is 0 Å². The lowest BCUT2D eigenvalue weighted by molar-refractivity contribution is 0.234. The molecule has 20 heavy (non-hydrogen) atoms. The van der Waals surface area contributed by atoms with Crippen LogP contribution in [0.3, 0.4) is 0 Å². The Morgan fingerprint density at radius 3 is 2.65 bits per heavy atom. The molecule has 0 saturated heterocycles. The summed E-state index contributed by atoms with van der Waals surface area (Å²) in [5, 5.41) is 3.45. The molecule has 2 rings (SSSR count). The van der Waals surface area contributed by atoms with E-state index in [1.54, 1.807) is 6.20 Å². The summed E-state index contributed by atoms with van der Waals surface area (Å²) < 4.78 is 6.80. The fourth-order valence-electron chi connectivity index (χ4n) is 1.91. The minimum Gasteiger partial charge on any atom is -0.473 e. The number of ether oxygens (including phenoxy) is 1. The predicted molar refractivity (Wildman–Crippen MR) is 86.2 cm³/mol. The highest BCUT2D eigenvalue weighted by Gasteiger charge is 2.11. The van der Waals surface area contributed by atoms with Gasteiger partial charge in [-0.25, -0.2) is 4.98 Å². The Labute approximate surface area is 128 Å². The van der Waals surface area contributed by atoms with E-state index in [0.717, 1.165) is 10.2 Å². The Bertz CT molecular complexity index is 572. The zero-order valence-electron chi connectivity index (χ0n) is 11.9. The van der Waals surface area contributed by atoms with Crippen molar-refractivity contribution in [3.05, 3.63) is 52.6 Å². The van der Waals surface area contributed by atoms with E-state index in [4.69, 9.17) is 4.74 Å². The van der Waals surface area contributed by atoms with E-state index in [1.165, 1.54) is 5.56 Å². The number of nitrogens with one attached hydrogen (secondary N) is 1. The first-order valence-corrected chi connectivity index (χ1v) is 7.49. The maximum absolute atomic E-state index is 5.72. The Kier molecular flexibility index (Phi) is 5.01. The average Bonchev–Trinajstić information content (AvgIpc) is 2.40. The average molecular weight is 335 g/mol. The number of hydrogen-bond donors (Lipinski definition) is 1. The van der Waals surface area contributed by atoms with Crippen molar-refractivity contribution < 1.29 is 4.74 Å². The van der Waals surface area contributed by atoms with Crippen LogP contribution in [0.25, 0.3) is 0 Å². The minimum absolute atomic E-state index is 0.103. The highest BCUT2D eigenvalue weighted by atomic mass is 79.9. The molecular formula is C16H19BrN2O. The van der Waals surface area contributed by atoms with Crippen LogP contribution in [0.15, 0.2) is 47.1 Å². The van der Waals surface area contributed by atoms with Gasteiger partial charge in [0.05, 0.1) is 11.8 Å². The molecule has 0 aliphatic rings. The summed E-state index contributed by atoms with van der Waals surface area (Å²) in [6, 6.07) is 12.3. The van der Waals surface area contributed by atoms with Gasteiger partial charge in [-0.05, 0) is 50.6 Å². The summed E-state index contributed by atoms with van der Waals surface area (Å²) in [7, 11) is 0. The number of benzene rings is 1. The maximum Gasteiger partial charge on any atom is 0.237 e. The summed E-state index contributed by atoms with van der Waals surface area (Å²) in [5.74, 6) is 0.643. The van der Waals surface area contributed by atoms with E-state index in [1.807, 2.05) is 38.1 Å². The van der Waals surface area contributed by atoms with E-state index in [9.17, 15) is 0 Å². The number of halogens is 1. The van der Waals surface area contributed by atoms with Gasteiger partial charge in [0.25, 0.3) is 0 Å². The summed E-state index contributed by atoms with van der Waals surface area (Å²) in [6.45, 7) is 6.11. The number of nitrogens with zero attached hydrogens (tertiary/aromatic N) is 1. The van der Waals surface area contributed by atoms with E-state index < -0.39 is 0 Å². The van der Waals surface area contributed by atoms with Gasteiger partial charge in [0.1, 0.15) is 0 Å². The largest absolute Gasteiger partial charge is 0.473 e. The third-order valence-corrected chi connectivity index (χ3v) is 3.33. The lowest BCUT2D eigenvalue weighted by Crippen LogP contribution is -2.12. The smallest absolute Gasteiger partial charge is 0.237 e. The van der Waals surface area contributed by atoms with Crippen LogP contribution < -0.4 is 10.1 Å². The van der Waals surface area contributed by atoms with Crippen molar-refractivity contribution in [2.75, 3.05) is 5.32 Å². The Balaban J connectivity index is 2.17. The van der Waals surface area contributed by atoms with E-state index in [0.29, 0.717) is 5.88 Å². The lowest BCUT2D eigenvalue weighted by Gasteiger charge is -2.19. The van der Waals surface area contributed by atoms with Gasteiger partial charge in [-0.15, -0.1) is 0 Å². The standard InChI is InChI=1S/C16H19BrN2O/c1-11(2)20-16-15(8-5-9-18-16)19-12(3)13-6-4-7-14(17)10-13/h4-12,19H,1-3H3. The first kappa shape index (κ1) is 14.9. The van der Waals surface area contributed by atoms with Crippen molar-refractivity contribution in [1.29, 1.82) is 0 Å². The molecule has 1 aromatic heterocycles. The molecule has 4 heteroatoms. The van der Waals surface area contributed by atoms with Gasteiger partial charge in [0.15, 0.2) is 0 Å². The van der Waals surface area contributed by atoms with Crippen molar-refractivity contribution >= 4 is 21.6 Å². The van der Waals surface area contributed by atoms with Crippen LogP contribution in [0.4, 0.5) is 5.69 Å². The van der Waals surface area contributed by atoms with Crippen molar-refractivity contribution in [3.63, 3.8) is 0 Å². The second kappa shape index (κ2) is 6.75. The lowest BCUT2D eigenvalue weighted by atomic mass is 10.1. The van der Waals surface area contributed by atoms with Gasteiger partial charge < -0.3 is 10.1 Å². The van der Waals surface area contributed by atoms with Crippen LogP contribution in [-0.4, -0.2) is 11.1 Å². The van der Waals surface area contributed by atoms with Gasteiger partial charge in [-0.2, -0.15) is 0 Å². The third-order valence-electron chi connectivity index (χ3n) is 2.84. The quantitative estimate of drug-likeness (QED) is 0.852. The zero-order valence-corrected chi connectivity index (χ0v) is 13.5. The van der Waals surface area contributed by atoms with Crippen LogP contribution in [0.2, 0.25) is 0 Å². The first-order chi connectivity index (χ1) is 9.56. The third kappa shape index (κ3) is 3.97. The molecule has 0 fully saturated rings. The topological polar surface area (TPSA) is 34.1 Å². The first-order valence-electron chi connectivity index (χ1n) is 6.70. The van der Waals surface area contributed by atoms with Crippen molar-refractivity contribution in [2.24, 2.45) is 0 Å². The monoisotopic (exact) mass is 334 g/mol. The molecule has 0 radical (unpaired) electrons. The van der Waals surface area contributed by atoms with Crippen molar-refractivity contribution in [3.8, 4) is 5.88 Å². The van der Waals surface area contributed by atoms with Crippen molar-refractivity contribution in [1.82, 2.24) is 4.98 Å². The Morgan fingerprint density at radius 1 is 1.15 bits per heavy atom. The van der Waals surface area contributed by atoms with E-state index in [2.05, 4.69) is 45.3 Å². The normalized spacial score (nSPS) is 12.2. The minimum atomic E-state index is 0.103. The molecule has 1 unspecified atom stereocenters. The second-order valence-electron chi connectivity index (χ2n) is 4.94. The molecule has 0 aliphatic heterocycles. The Morgan fingerprint density at radius 2 is 1.95 bits per heavy atom. The molecule has 0 amide bonds. The molecule has 0 aliphatic carbocycles. The van der Waals surface area contributed by atoms with Crippen LogP contribution in [0.5, 0.6) is 5.88 Å². The molecule has 2 aromatic rings. The van der Waals surface area contributed by atoms with Crippen molar-refractivity contribution in [2.45, 2.75) is 32.9 Å². The van der Waals surface area contributed by atoms with Crippen LogP contribution >= 0.6 is 15.9 Å². The summed E-state index contributed by atoms with van der Waals surface area (Å²) in [6.07, 6.45) is 1.85. The molecular weight excluding hydrogens is 316 g/mol.